The Balaban J connectivity index is 1.68. The Hall–Kier alpha value is -2.88. The molecular weight excluding hydrogens is 375 g/mol. The summed E-state index contributed by atoms with van der Waals surface area (Å²) in [5.41, 5.74) is -1.08. The number of carbonyl (C=O) groups excluding carboxylic acids is 1. The number of nitrogens with one attached hydrogen (secondary N) is 1. The molecule has 1 fully saturated rings. The van der Waals surface area contributed by atoms with Gasteiger partial charge in [-0.2, -0.15) is 13.2 Å². The van der Waals surface area contributed by atoms with Crippen LogP contribution in [-0.2, 0) is 11.0 Å². The van der Waals surface area contributed by atoms with Crippen LogP contribution in [0.2, 0.25) is 0 Å². The van der Waals surface area contributed by atoms with E-state index in [1.54, 1.807) is 22.9 Å². The molecule has 0 saturated carbocycles. The van der Waals surface area contributed by atoms with Crippen LogP contribution in [0.15, 0.2) is 36.7 Å². The van der Waals surface area contributed by atoms with Crippen LogP contribution in [0, 0.1) is 0 Å². The van der Waals surface area contributed by atoms with Gasteiger partial charge in [0.15, 0.2) is 0 Å². The maximum atomic E-state index is 13.1. The number of hydrogen-bond acceptors (Lipinski definition) is 6. The van der Waals surface area contributed by atoms with Gasteiger partial charge in [-0.1, -0.05) is 18.2 Å². The predicted molar refractivity (Wildman–Crippen MR) is 96.8 cm³/mol. The van der Waals surface area contributed by atoms with Crippen LogP contribution < -0.4 is 10.2 Å². The van der Waals surface area contributed by atoms with Crippen molar-refractivity contribution in [3.05, 3.63) is 47.8 Å². The van der Waals surface area contributed by atoms with Crippen molar-refractivity contribution in [2.45, 2.75) is 12.3 Å². The van der Waals surface area contributed by atoms with Crippen LogP contribution in [0.3, 0.4) is 0 Å². The average Bonchev–Trinajstić information content (AvgIpc) is 2.68. The van der Waals surface area contributed by atoms with Crippen molar-refractivity contribution < 1.29 is 23.1 Å². The second kappa shape index (κ2) is 8.01. The Morgan fingerprint density at radius 2 is 2.00 bits per heavy atom. The summed E-state index contributed by atoms with van der Waals surface area (Å²) < 4.78 is 39.3. The first kappa shape index (κ1) is 19.9. The lowest BCUT2D eigenvalue weighted by Crippen LogP contribution is -2.48. The summed E-state index contributed by atoms with van der Waals surface area (Å²) in [5.74, 6) is 0.850. The third-order valence-electron chi connectivity index (χ3n) is 4.54. The highest BCUT2D eigenvalue weighted by molar-refractivity contribution is 5.82. The Bertz CT molecular complexity index is 846. The minimum absolute atomic E-state index is 0.0291. The molecule has 1 aliphatic heterocycles. The minimum atomic E-state index is -4.55. The minimum Gasteiger partial charge on any atom is -0.387 e. The molecule has 150 valence electrons. The molecule has 1 saturated heterocycles. The van der Waals surface area contributed by atoms with Crippen molar-refractivity contribution >= 4 is 17.5 Å². The summed E-state index contributed by atoms with van der Waals surface area (Å²) in [6.07, 6.45) is -4.62. The van der Waals surface area contributed by atoms with Crippen molar-refractivity contribution in [1.29, 1.82) is 0 Å². The first-order valence-electron chi connectivity index (χ1n) is 8.64. The van der Waals surface area contributed by atoms with Gasteiger partial charge in [0.2, 0.25) is 5.91 Å². The van der Waals surface area contributed by atoms with Crippen molar-refractivity contribution in [2.75, 3.05) is 43.4 Å². The van der Waals surface area contributed by atoms with E-state index in [1.165, 1.54) is 24.5 Å². The molecule has 7 nitrogen and oxygen atoms in total. The average molecular weight is 395 g/mol. The van der Waals surface area contributed by atoms with E-state index in [-0.39, 0.29) is 24.6 Å². The van der Waals surface area contributed by atoms with Crippen LogP contribution in [0.5, 0.6) is 0 Å². The lowest BCUT2D eigenvalue weighted by atomic mass is 10.0. The van der Waals surface area contributed by atoms with E-state index in [1.807, 2.05) is 0 Å². The summed E-state index contributed by atoms with van der Waals surface area (Å²) in [6, 6.07) is 6.50. The van der Waals surface area contributed by atoms with Crippen LogP contribution in [0.1, 0.15) is 17.2 Å². The highest BCUT2D eigenvalue weighted by Gasteiger charge is 2.34. The molecule has 3 rings (SSSR count). The van der Waals surface area contributed by atoms with E-state index >= 15 is 0 Å². The first-order chi connectivity index (χ1) is 13.3. The van der Waals surface area contributed by atoms with E-state index in [0.29, 0.717) is 24.7 Å². The number of halogens is 3. The van der Waals surface area contributed by atoms with Crippen LogP contribution >= 0.6 is 0 Å². The second-order valence-electron chi connectivity index (χ2n) is 6.48. The number of benzene rings is 1. The Labute approximate surface area is 159 Å². The van der Waals surface area contributed by atoms with Gasteiger partial charge >= 0.3 is 6.18 Å². The number of nitrogens with zero attached hydrogens (tertiary/aromatic N) is 4. The monoisotopic (exact) mass is 395 g/mol. The molecule has 2 N–H and O–H groups in total. The molecule has 1 amide bonds. The molecule has 0 radical (unpaired) electrons. The van der Waals surface area contributed by atoms with Crippen LogP contribution in [-0.4, -0.2) is 59.1 Å². The molecule has 0 bridgehead atoms. The smallest absolute Gasteiger partial charge is 0.387 e. The number of aliphatic hydroxyl groups is 1. The zero-order valence-electron chi connectivity index (χ0n) is 15.1. The molecule has 0 aliphatic carbocycles. The number of rotatable bonds is 5. The number of hydrogen-bond donors (Lipinski definition) is 2. The molecule has 28 heavy (non-hydrogen) atoms. The zero-order valence-corrected chi connectivity index (χ0v) is 15.1. The summed E-state index contributed by atoms with van der Waals surface area (Å²) in [5, 5.41) is 13.1. The lowest BCUT2D eigenvalue weighted by molar-refractivity contribution is -0.139. The maximum absolute atomic E-state index is 13.1. The molecule has 2 aromatic rings. The van der Waals surface area contributed by atoms with Gasteiger partial charge < -0.3 is 20.2 Å². The van der Waals surface area contributed by atoms with Gasteiger partial charge in [-0.15, -0.1) is 0 Å². The van der Waals surface area contributed by atoms with Crippen molar-refractivity contribution in [3.63, 3.8) is 0 Å². The number of piperazine rings is 1. The topological polar surface area (TPSA) is 81.6 Å². The number of alkyl halides is 3. The fraction of sp³-hybridized carbons (Fsp3) is 0.389. The van der Waals surface area contributed by atoms with E-state index in [2.05, 4.69) is 15.3 Å². The van der Waals surface area contributed by atoms with E-state index in [4.69, 9.17) is 0 Å². The number of anilines is 2. The molecule has 1 aliphatic rings. The maximum Gasteiger partial charge on any atom is 0.416 e. The van der Waals surface area contributed by atoms with Gasteiger partial charge in [-0.3, -0.25) is 4.79 Å². The molecule has 1 unspecified atom stereocenters. The van der Waals surface area contributed by atoms with Crippen molar-refractivity contribution in [3.8, 4) is 0 Å². The fourth-order valence-electron chi connectivity index (χ4n) is 2.93. The second-order valence-corrected chi connectivity index (χ2v) is 6.48. The zero-order chi connectivity index (χ0) is 20.3. The van der Waals surface area contributed by atoms with Gasteiger partial charge in [0.1, 0.15) is 18.0 Å². The quantitative estimate of drug-likeness (QED) is 0.805. The van der Waals surface area contributed by atoms with Gasteiger partial charge in [0.25, 0.3) is 0 Å². The molecule has 10 heteroatoms. The molecule has 2 heterocycles. The van der Waals surface area contributed by atoms with E-state index in [9.17, 15) is 23.1 Å². The molecule has 1 atom stereocenters. The standard InChI is InChI=1S/C18H20F3N5O2/c1-25-6-7-26(10-17(25)28)16-8-15(23-11-24-16)22-9-14(27)12-4-2-3-5-13(12)18(19,20)21/h2-5,8,11,14,27H,6-7,9-10H2,1H3,(H,22,23,24). The Morgan fingerprint density at radius 1 is 1.25 bits per heavy atom. The summed E-state index contributed by atoms with van der Waals surface area (Å²) >= 11 is 0. The predicted octanol–water partition coefficient (Wildman–Crippen LogP) is 1.92. The number of amides is 1. The normalized spacial score (nSPS) is 16.2. The fourth-order valence-corrected chi connectivity index (χ4v) is 2.93. The Kier molecular flexibility index (Phi) is 5.68. The Morgan fingerprint density at radius 3 is 2.71 bits per heavy atom. The van der Waals surface area contributed by atoms with Gasteiger partial charge in [0.05, 0.1) is 18.2 Å². The number of carbonyl (C=O) groups is 1. The highest BCUT2D eigenvalue weighted by atomic mass is 19.4. The van der Waals surface area contributed by atoms with Gasteiger partial charge in [-0.05, 0) is 11.6 Å². The number of aromatic nitrogens is 2. The third-order valence-corrected chi connectivity index (χ3v) is 4.54. The lowest BCUT2D eigenvalue weighted by Gasteiger charge is -2.32. The van der Waals surface area contributed by atoms with Crippen LogP contribution in [0.4, 0.5) is 24.8 Å². The molecule has 1 aromatic carbocycles. The number of likely N-dealkylation sites (N-methyl/N-ethyl adjacent to an activating group) is 1. The number of aliphatic hydroxyl groups excluding tert-OH is 1. The third kappa shape index (κ3) is 4.50. The van der Waals surface area contributed by atoms with E-state index in [0.717, 1.165) is 6.07 Å². The highest BCUT2D eigenvalue weighted by Crippen LogP contribution is 2.34. The molecule has 1 aromatic heterocycles. The molecule has 0 spiro atoms. The van der Waals surface area contributed by atoms with Gasteiger partial charge in [0, 0.05) is 32.7 Å². The van der Waals surface area contributed by atoms with Crippen molar-refractivity contribution in [1.82, 2.24) is 14.9 Å². The summed E-state index contributed by atoms with van der Waals surface area (Å²) in [4.78, 5) is 23.4. The molecular formula is C18H20F3N5O2. The van der Waals surface area contributed by atoms with Gasteiger partial charge in [-0.25, -0.2) is 9.97 Å². The first-order valence-corrected chi connectivity index (χ1v) is 8.64. The largest absolute Gasteiger partial charge is 0.416 e. The van der Waals surface area contributed by atoms with Crippen LogP contribution in [0.25, 0.3) is 0 Å². The van der Waals surface area contributed by atoms with Crippen molar-refractivity contribution in [2.24, 2.45) is 0 Å². The SMILES string of the molecule is CN1CCN(c2cc(NCC(O)c3ccccc3C(F)(F)F)ncn2)CC1=O. The van der Waals surface area contributed by atoms with E-state index < -0.39 is 17.8 Å². The summed E-state index contributed by atoms with van der Waals surface area (Å²) in [6.45, 7) is 1.21. The summed E-state index contributed by atoms with van der Waals surface area (Å²) in [7, 11) is 1.73.